The van der Waals surface area contributed by atoms with Crippen LogP contribution in [0.5, 0.6) is 0 Å². The standard InChI is InChI=1S/C17H23N5O4/c23-5-11-13(24)14(25)17(26-11)22-7-20-12-15(18-6-19-16(12)22)21-10-4-8-1-2-9(10)3-8/h6-11,13-14,17,23-25H,1-5H2,(H,18,19,21)/t8?,9-,10?,11-,13-,14-,17-/m1/s1. The lowest BCUT2D eigenvalue weighted by atomic mass is 9.95. The monoisotopic (exact) mass is 361 g/mol. The van der Waals surface area contributed by atoms with Gasteiger partial charge in [-0.05, 0) is 31.1 Å². The number of rotatable bonds is 4. The molecule has 0 amide bonds. The van der Waals surface area contributed by atoms with Gasteiger partial charge in [0.2, 0.25) is 0 Å². The largest absolute Gasteiger partial charge is 0.394 e. The van der Waals surface area contributed by atoms with Crippen LogP contribution in [0.4, 0.5) is 5.82 Å². The minimum atomic E-state index is -1.17. The van der Waals surface area contributed by atoms with E-state index < -0.39 is 24.5 Å². The average Bonchev–Trinajstić information content (AvgIpc) is 3.41. The zero-order chi connectivity index (χ0) is 17.8. The molecule has 9 heteroatoms. The molecule has 2 aromatic heterocycles. The van der Waals surface area contributed by atoms with E-state index in [-0.39, 0.29) is 6.61 Å². The number of nitrogens with one attached hydrogen (secondary N) is 1. The lowest BCUT2D eigenvalue weighted by molar-refractivity contribution is -0.0511. The molecule has 3 heterocycles. The Balaban J connectivity index is 1.44. The van der Waals surface area contributed by atoms with Crippen LogP contribution in [-0.2, 0) is 4.74 Å². The highest BCUT2D eigenvalue weighted by Crippen LogP contribution is 2.45. The second-order valence-electron chi connectivity index (χ2n) is 7.70. The summed E-state index contributed by atoms with van der Waals surface area (Å²) in [5, 5.41) is 33.1. The Kier molecular flexibility index (Phi) is 3.85. The van der Waals surface area contributed by atoms with Gasteiger partial charge in [0.25, 0.3) is 0 Å². The Morgan fingerprint density at radius 3 is 2.73 bits per heavy atom. The van der Waals surface area contributed by atoms with Crippen molar-refractivity contribution < 1.29 is 20.1 Å². The third-order valence-electron chi connectivity index (χ3n) is 6.21. The summed E-state index contributed by atoms with van der Waals surface area (Å²) in [6.07, 6.45) is 4.07. The molecule has 7 atom stereocenters. The quantitative estimate of drug-likeness (QED) is 0.601. The number of aromatic nitrogens is 4. The highest BCUT2D eigenvalue weighted by atomic mass is 16.6. The molecule has 2 aliphatic carbocycles. The molecule has 2 saturated carbocycles. The second-order valence-corrected chi connectivity index (χ2v) is 7.70. The zero-order valence-corrected chi connectivity index (χ0v) is 14.3. The van der Waals surface area contributed by atoms with Crippen LogP contribution in [0.2, 0.25) is 0 Å². The maximum atomic E-state index is 10.3. The first-order chi connectivity index (χ1) is 12.7. The van der Waals surface area contributed by atoms with Crippen molar-refractivity contribution in [2.24, 2.45) is 11.8 Å². The van der Waals surface area contributed by atoms with Crippen LogP contribution in [0.25, 0.3) is 11.2 Å². The van der Waals surface area contributed by atoms with Crippen molar-refractivity contribution in [1.82, 2.24) is 19.5 Å². The first-order valence-corrected chi connectivity index (χ1v) is 9.22. The number of aliphatic hydroxyl groups is 3. The number of ether oxygens (including phenoxy) is 1. The average molecular weight is 361 g/mol. The Bertz CT molecular complexity index is 814. The molecular weight excluding hydrogens is 338 g/mol. The molecule has 2 aromatic rings. The van der Waals surface area contributed by atoms with E-state index in [1.165, 1.54) is 38.3 Å². The molecule has 9 nitrogen and oxygen atoms in total. The van der Waals surface area contributed by atoms with Gasteiger partial charge in [0, 0.05) is 6.04 Å². The Morgan fingerprint density at radius 1 is 1.15 bits per heavy atom. The normalized spacial score (nSPS) is 39.1. The summed E-state index contributed by atoms with van der Waals surface area (Å²) in [6, 6.07) is 0.422. The molecule has 26 heavy (non-hydrogen) atoms. The van der Waals surface area contributed by atoms with Crippen molar-refractivity contribution in [2.75, 3.05) is 11.9 Å². The first-order valence-electron chi connectivity index (χ1n) is 9.22. The molecule has 4 N–H and O–H groups in total. The number of hydrogen-bond acceptors (Lipinski definition) is 8. The van der Waals surface area contributed by atoms with Gasteiger partial charge in [0.05, 0.1) is 12.9 Å². The summed E-state index contributed by atoms with van der Waals surface area (Å²) in [5.41, 5.74) is 1.15. The van der Waals surface area contributed by atoms with E-state index in [4.69, 9.17) is 4.74 Å². The number of aliphatic hydroxyl groups excluding tert-OH is 3. The minimum Gasteiger partial charge on any atom is -0.394 e. The van der Waals surface area contributed by atoms with Crippen LogP contribution in [0.3, 0.4) is 0 Å². The topological polar surface area (TPSA) is 126 Å². The molecular formula is C17H23N5O4. The third kappa shape index (κ3) is 2.42. The first kappa shape index (κ1) is 16.4. The molecule has 1 aliphatic heterocycles. The summed E-state index contributed by atoms with van der Waals surface area (Å²) < 4.78 is 7.18. The Labute approximate surface area is 150 Å². The predicted octanol–water partition coefficient (Wildman–Crippen LogP) is 0.0383. The van der Waals surface area contributed by atoms with Gasteiger partial charge in [0.1, 0.15) is 24.6 Å². The van der Waals surface area contributed by atoms with Crippen LogP contribution in [0.1, 0.15) is 31.9 Å². The zero-order valence-electron chi connectivity index (χ0n) is 14.3. The molecule has 0 spiro atoms. The van der Waals surface area contributed by atoms with Crippen molar-refractivity contribution in [3.63, 3.8) is 0 Å². The third-order valence-corrected chi connectivity index (χ3v) is 6.21. The van der Waals surface area contributed by atoms with Crippen LogP contribution in [0.15, 0.2) is 12.7 Å². The van der Waals surface area contributed by atoms with Crippen LogP contribution < -0.4 is 5.32 Å². The van der Waals surface area contributed by atoms with Gasteiger partial charge in [-0.15, -0.1) is 0 Å². The summed E-state index contributed by atoms with van der Waals surface area (Å²) in [6.45, 7) is -0.368. The molecule has 0 radical (unpaired) electrons. The molecule has 1 saturated heterocycles. The number of imidazole rings is 1. The van der Waals surface area contributed by atoms with Gasteiger partial charge in [-0.1, -0.05) is 6.42 Å². The molecule has 2 bridgehead atoms. The summed E-state index contributed by atoms with van der Waals surface area (Å²) in [5.74, 6) is 2.22. The lowest BCUT2D eigenvalue weighted by Crippen LogP contribution is -2.33. The molecule has 3 aliphatic rings. The Morgan fingerprint density at radius 2 is 2.04 bits per heavy atom. The van der Waals surface area contributed by atoms with Gasteiger partial charge < -0.3 is 25.4 Å². The molecule has 5 rings (SSSR count). The molecule has 0 aromatic carbocycles. The molecule has 3 fully saturated rings. The molecule has 2 unspecified atom stereocenters. The predicted molar refractivity (Wildman–Crippen MR) is 91.2 cm³/mol. The summed E-state index contributed by atoms with van der Waals surface area (Å²) >= 11 is 0. The van der Waals surface area contributed by atoms with Crippen molar-refractivity contribution in [2.45, 2.75) is 56.3 Å². The van der Waals surface area contributed by atoms with Gasteiger partial charge in [0.15, 0.2) is 23.2 Å². The van der Waals surface area contributed by atoms with E-state index in [2.05, 4.69) is 20.3 Å². The summed E-state index contributed by atoms with van der Waals surface area (Å²) in [4.78, 5) is 13.1. The van der Waals surface area contributed by atoms with E-state index in [0.717, 1.165) is 5.92 Å². The van der Waals surface area contributed by atoms with Crippen LogP contribution >= 0.6 is 0 Å². The van der Waals surface area contributed by atoms with Crippen LogP contribution in [-0.4, -0.2) is 65.8 Å². The number of hydrogen-bond donors (Lipinski definition) is 4. The maximum Gasteiger partial charge on any atom is 0.167 e. The minimum absolute atomic E-state index is 0.368. The second kappa shape index (κ2) is 6.12. The maximum absolute atomic E-state index is 10.3. The van der Waals surface area contributed by atoms with E-state index in [1.807, 2.05) is 0 Å². The van der Waals surface area contributed by atoms with Crippen molar-refractivity contribution in [3.05, 3.63) is 12.7 Å². The summed E-state index contributed by atoms with van der Waals surface area (Å²) in [7, 11) is 0. The SMILES string of the molecule is OC[C@H]1O[C@@H](n2cnc3c(NC4CC5CC[C@@H]4C5)ncnc32)[C@H](O)[C@@H]1O. The van der Waals surface area contributed by atoms with Gasteiger partial charge in [-0.25, -0.2) is 15.0 Å². The van der Waals surface area contributed by atoms with E-state index in [1.54, 1.807) is 4.57 Å². The van der Waals surface area contributed by atoms with Crippen molar-refractivity contribution in [3.8, 4) is 0 Å². The fourth-order valence-corrected chi connectivity index (χ4v) is 4.85. The number of nitrogens with zero attached hydrogens (tertiary/aromatic N) is 4. The van der Waals surface area contributed by atoms with Gasteiger partial charge >= 0.3 is 0 Å². The van der Waals surface area contributed by atoms with Gasteiger partial charge in [-0.2, -0.15) is 0 Å². The van der Waals surface area contributed by atoms with Crippen molar-refractivity contribution >= 4 is 17.0 Å². The van der Waals surface area contributed by atoms with Gasteiger partial charge in [-0.3, -0.25) is 4.57 Å². The van der Waals surface area contributed by atoms with Crippen molar-refractivity contribution in [1.29, 1.82) is 0 Å². The Hall–Kier alpha value is -1.81. The molecule has 140 valence electrons. The fraction of sp³-hybridized carbons (Fsp3) is 0.706. The van der Waals surface area contributed by atoms with E-state index in [9.17, 15) is 15.3 Å². The number of anilines is 1. The highest BCUT2D eigenvalue weighted by molar-refractivity contribution is 5.82. The van der Waals surface area contributed by atoms with E-state index >= 15 is 0 Å². The van der Waals surface area contributed by atoms with Crippen LogP contribution in [0, 0.1) is 11.8 Å². The number of fused-ring (bicyclic) bond motifs is 3. The van der Waals surface area contributed by atoms with E-state index in [0.29, 0.717) is 28.9 Å². The highest BCUT2D eigenvalue weighted by Gasteiger charge is 2.44. The smallest absolute Gasteiger partial charge is 0.167 e. The fourth-order valence-electron chi connectivity index (χ4n) is 4.85. The lowest BCUT2D eigenvalue weighted by Gasteiger charge is -2.23.